The minimum atomic E-state index is -1.24. The first-order valence-electron chi connectivity index (χ1n) is 8.14. The van der Waals surface area contributed by atoms with Gasteiger partial charge in [-0.05, 0) is 24.6 Å². The minimum absolute atomic E-state index is 0.0710. The molecule has 0 unspecified atom stereocenters. The lowest BCUT2D eigenvalue weighted by atomic mass is 10.1. The highest BCUT2D eigenvalue weighted by Crippen LogP contribution is 2.25. The van der Waals surface area contributed by atoms with Crippen LogP contribution < -0.4 is 4.74 Å². The first-order valence-corrected chi connectivity index (χ1v) is 15.3. The Kier molecular flexibility index (Phi) is 6.79. The Hall–Kier alpha value is -1.61. The van der Waals surface area contributed by atoms with Crippen molar-refractivity contribution in [1.29, 1.82) is 0 Å². The van der Waals surface area contributed by atoms with E-state index in [1.54, 1.807) is 0 Å². The maximum Gasteiger partial charge on any atom is 0.335 e. The molecule has 7 heteroatoms. The van der Waals surface area contributed by atoms with Crippen LogP contribution in [0.2, 0.25) is 44.4 Å². The van der Waals surface area contributed by atoms with E-state index in [2.05, 4.69) is 32.7 Å². The third-order valence-corrected chi connectivity index (χ3v) is 13.5. The van der Waals surface area contributed by atoms with Gasteiger partial charge in [0.05, 0.1) is 17.7 Å². The van der Waals surface area contributed by atoms with Crippen molar-refractivity contribution in [3.05, 3.63) is 29.3 Å². The van der Waals surface area contributed by atoms with Crippen LogP contribution in [-0.2, 0) is 0 Å². The summed E-state index contributed by atoms with van der Waals surface area (Å²) in [4.78, 5) is 22.2. The van der Waals surface area contributed by atoms with Gasteiger partial charge < -0.3 is 14.9 Å². The quantitative estimate of drug-likeness (QED) is 0.497. The molecule has 0 heterocycles. The zero-order valence-electron chi connectivity index (χ0n) is 15.2. The Balaban J connectivity index is 2.65. The van der Waals surface area contributed by atoms with Gasteiger partial charge in [-0.15, -0.1) is 0 Å². The van der Waals surface area contributed by atoms with Gasteiger partial charge >= 0.3 is 11.9 Å². The summed E-state index contributed by atoms with van der Waals surface area (Å²) in [5, 5.41) is 18.1. The topological polar surface area (TPSA) is 83.8 Å². The van der Waals surface area contributed by atoms with E-state index < -0.39 is 28.1 Å². The Morgan fingerprint density at radius 2 is 1.46 bits per heavy atom. The molecule has 0 atom stereocenters. The van der Waals surface area contributed by atoms with Gasteiger partial charge in [-0.25, -0.2) is 9.59 Å². The van der Waals surface area contributed by atoms with Crippen molar-refractivity contribution in [2.45, 2.75) is 50.9 Å². The zero-order chi connectivity index (χ0) is 18.5. The summed E-state index contributed by atoms with van der Waals surface area (Å²) in [7, 11) is -2.31. The largest absolute Gasteiger partial charge is 0.494 e. The second kappa shape index (κ2) is 7.98. The highest BCUT2D eigenvalue weighted by atomic mass is 28.4. The SMILES string of the molecule is C[Si](C)(C)C[Si](C)(C)CCCOc1cc(C(=O)O)cc(C(=O)O)c1. The van der Waals surface area contributed by atoms with Crippen LogP contribution in [0.4, 0.5) is 0 Å². The molecule has 0 amide bonds. The predicted molar refractivity (Wildman–Crippen MR) is 101 cm³/mol. The highest BCUT2D eigenvalue weighted by molar-refractivity contribution is 6.94. The first-order chi connectivity index (χ1) is 10.9. The fourth-order valence-electron chi connectivity index (χ4n) is 3.19. The third kappa shape index (κ3) is 7.31. The van der Waals surface area contributed by atoms with Gasteiger partial charge in [0.25, 0.3) is 0 Å². The van der Waals surface area contributed by atoms with Gasteiger partial charge in [0, 0.05) is 16.1 Å². The Morgan fingerprint density at radius 3 is 1.88 bits per heavy atom. The molecule has 0 aliphatic rings. The number of aromatic carboxylic acids is 2. The van der Waals surface area contributed by atoms with Crippen molar-refractivity contribution >= 4 is 28.1 Å². The standard InChI is InChI=1S/C17H28O5Si2/c1-23(2,3)12-24(4,5)8-6-7-22-15-10-13(16(18)19)9-14(11-15)17(20)21/h9-11H,6-8,12H2,1-5H3,(H,18,19)(H,20,21). The molecule has 0 saturated carbocycles. The van der Waals surface area contributed by atoms with Crippen LogP contribution in [0, 0.1) is 0 Å². The van der Waals surface area contributed by atoms with Crippen LogP contribution in [0.25, 0.3) is 0 Å². The van der Waals surface area contributed by atoms with Crippen LogP contribution in [-0.4, -0.2) is 44.9 Å². The van der Waals surface area contributed by atoms with Crippen molar-refractivity contribution in [2.75, 3.05) is 6.61 Å². The molecule has 1 rings (SSSR count). The summed E-state index contributed by atoms with van der Waals surface area (Å²) in [6.07, 6.45) is 0.906. The van der Waals surface area contributed by atoms with Crippen LogP contribution in [0.3, 0.4) is 0 Å². The van der Waals surface area contributed by atoms with Gasteiger partial charge in [-0.1, -0.05) is 44.4 Å². The van der Waals surface area contributed by atoms with Gasteiger partial charge in [0.15, 0.2) is 0 Å². The van der Waals surface area contributed by atoms with E-state index in [1.165, 1.54) is 17.8 Å². The lowest BCUT2D eigenvalue weighted by Crippen LogP contribution is -2.37. The number of hydrogen-bond donors (Lipinski definition) is 2. The van der Waals surface area contributed by atoms with Crippen LogP contribution >= 0.6 is 0 Å². The Labute approximate surface area is 145 Å². The highest BCUT2D eigenvalue weighted by Gasteiger charge is 2.28. The molecule has 0 bridgehead atoms. The molecule has 0 aromatic heterocycles. The van der Waals surface area contributed by atoms with Gasteiger partial charge in [-0.2, -0.15) is 0 Å². The summed E-state index contributed by atoms with van der Waals surface area (Å²) in [5.74, 6) is -2.02. The summed E-state index contributed by atoms with van der Waals surface area (Å²) < 4.78 is 5.62. The number of ether oxygens (including phenoxy) is 1. The molecule has 0 aliphatic heterocycles. The van der Waals surface area contributed by atoms with Crippen LogP contribution in [0.1, 0.15) is 27.1 Å². The first kappa shape index (κ1) is 20.4. The van der Waals surface area contributed by atoms with E-state index >= 15 is 0 Å². The summed E-state index contributed by atoms with van der Waals surface area (Å²) in [6.45, 7) is 12.5. The van der Waals surface area contributed by atoms with Gasteiger partial charge in [-0.3, -0.25) is 0 Å². The molecule has 0 fully saturated rings. The fourth-order valence-corrected chi connectivity index (χ4v) is 16.5. The molecule has 1 aromatic carbocycles. The average Bonchev–Trinajstić information content (AvgIpc) is 2.40. The molecular weight excluding hydrogens is 340 g/mol. The molecule has 134 valence electrons. The van der Waals surface area contributed by atoms with Gasteiger partial charge in [0.1, 0.15) is 5.75 Å². The molecule has 1 aromatic rings. The lowest BCUT2D eigenvalue weighted by molar-refractivity contribution is 0.0696. The number of carboxylic acids is 2. The summed E-state index contributed by atoms with van der Waals surface area (Å²) in [6, 6.07) is 5.04. The number of rotatable bonds is 9. The van der Waals surface area contributed by atoms with E-state index in [-0.39, 0.29) is 11.1 Å². The molecule has 0 radical (unpaired) electrons. The number of carboxylic acid groups (broad SMARTS) is 2. The molecule has 2 N–H and O–H groups in total. The molecule has 0 saturated heterocycles. The van der Waals surface area contributed by atoms with E-state index in [0.29, 0.717) is 12.4 Å². The lowest BCUT2D eigenvalue weighted by Gasteiger charge is -2.29. The number of carbonyl (C=O) groups is 2. The van der Waals surface area contributed by atoms with Crippen molar-refractivity contribution in [3.63, 3.8) is 0 Å². The molecule has 5 nitrogen and oxygen atoms in total. The normalized spacial score (nSPS) is 12.0. The van der Waals surface area contributed by atoms with Crippen molar-refractivity contribution in [2.24, 2.45) is 0 Å². The van der Waals surface area contributed by atoms with Crippen molar-refractivity contribution in [1.82, 2.24) is 0 Å². The van der Waals surface area contributed by atoms with E-state index in [4.69, 9.17) is 14.9 Å². The molecule has 24 heavy (non-hydrogen) atoms. The maximum absolute atomic E-state index is 11.1. The monoisotopic (exact) mass is 368 g/mol. The molecule has 0 aliphatic carbocycles. The van der Waals surface area contributed by atoms with Crippen molar-refractivity contribution < 1.29 is 24.5 Å². The average molecular weight is 369 g/mol. The molecular formula is C17H28O5Si2. The third-order valence-electron chi connectivity index (χ3n) is 3.68. The maximum atomic E-state index is 11.1. The van der Waals surface area contributed by atoms with Crippen molar-refractivity contribution in [3.8, 4) is 5.75 Å². The Morgan fingerprint density at radius 1 is 0.958 bits per heavy atom. The van der Waals surface area contributed by atoms with E-state index in [1.807, 2.05) is 0 Å². The minimum Gasteiger partial charge on any atom is -0.494 e. The van der Waals surface area contributed by atoms with Crippen LogP contribution in [0.15, 0.2) is 18.2 Å². The second-order valence-corrected chi connectivity index (χ2v) is 19.6. The Bertz CT molecular complexity index is 573. The van der Waals surface area contributed by atoms with E-state index in [9.17, 15) is 9.59 Å². The van der Waals surface area contributed by atoms with E-state index in [0.717, 1.165) is 18.5 Å². The summed E-state index contributed by atoms with van der Waals surface area (Å²) >= 11 is 0. The number of benzene rings is 1. The fraction of sp³-hybridized carbons (Fsp3) is 0.529. The second-order valence-electron chi connectivity index (χ2n) is 8.21. The predicted octanol–water partition coefficient (Wildman–Crippen LogP) is 4.44. The summed E-state index contributed by atoms with van der Waals surface area (Å²) in [5.41, 5.74) is 1.23. The molecule has 0 spiro atoms. The zero-order valence-corrected chi connectivity index (χ0v) is 17.2. The van der Waals surface area contributed by atoms with Crippen LogP contribution in [0.5, 0.6) is 5.75 Å². The smallest absolute Gasteiger partial charge is 0.335 e. The van der Waals surface area contributed by atoms with Gasteiger partial charge in [0.2, 0.25) is 0 Å². The number of hydrogen-bond acceptors (Lipinski definition) is 3.